The van der Waals surface area contributed by atoms with Crippen LogP contribution in [-0.4, -0.2) is 18.5 Å². The minimum atomic E-state index is -0.481. The Morgan fingerprint density at radius 2 is 1.70 bits per heavy atom. The SMILES string of the molecule is NC(=O)c1ccc(C#CCNC(=O)Nc2ccc(Cl)cc2)cc1. The summed E-state index contributed by atoms with van der Waals surface area (Å²) < 4.78 is 0. The highest BCUT2D eigenvalue weighted by Gasteiger charge is 2.00. The second-order valence-electron chi connectivity index (χ2n) is 4.56. The topological polar surface area (TPSA) is 84.2 Å². The number of carbonyl (C=O) groups excluding carboxylic acids is 2. The van der Waals surface area contributed by atoms with Crippen molar-refractivity contribution >= 4 is 29.2 Å². The van der Waals surface area contributed by atoms with Gasteiger partial charge in [0.2, 0.25) is 5.91 Å². The smallest absolute Gasteiger partial charge is 0.319 e. The maximum absolute atomic E-state index is 11.7. The van der Waals surface area contributed by atoms with Gasteiger partial charge in [-0.15, -0.1) is 0 Å². The zero-order valence-electron chi connectivity index (χ0n) is 12.1. The third kappa shape index (κ3) is 5.38. The summed E-state index contributed by atoms with van der Waals surface area (Å²) in [4.78, 5) is 22.6. The average Bonchev–Trinajstić information content (AvgIpc) is 2.54. The Bertz CT molecular complexity index is 759. The molecule has 0 spiro atoms. The monoisotopic (exact) mass is 327 g/mol. The van der Waals surface area contributed by atoms with Crippen LogP contribution in [-0.2, 0) is 0 Å². The molecule has 0 unspecified atom stereocenters. The van der Waals surface area contributed by atoms with Gasteiger partial charge in [-0.2, -0.15) is 0 Å². The van der Waals surface area contributed by atoms with Gasteiger partial charge in [0.1, 0.15) is 0 Å². The molecular formula is C17H14ClN3O2. The maximum atomic E-state index is 11.7. The van der Waals surface area contributed by atoms with E-state index in [1.807, 2.05) is 0 Å². The highest BCUT2D eigenvalue weighted by Crippen LogP contribution is 2.12. The molecule has 5 nitrogen and oxygen atoms in total. The molecule has 3 amide bonds. The predicted molar refractivity (Wildman–Crippen MR) is 90.3 cm³/mol. The van der Waals surface area contributed by atoms with E-state index < -0.39 is 5.91 Å². The Morgan fingerprint density at radius 3 is 2.30 bits per heavy atom. The van der Waals surface area contributed by atoms with Crippen molar-refractivity contribution < 1.29 is 9.59 Å². The van der Waals surface area contributed by atoms with Crippen LogP contribution in [0.15, 0.2) is 48.5 Å². The Labute approximate surface area is 138 Å². The van der Waals surface area contributed by atoms with Gasteiger partial charge in [0.15, 0.2) is 0 Å². The molecule has 0 radical (unpaired) electrons. The number of carbonyl (C=O) groups is 2. The van der Waals surface area contributed by atoms with Crippen molar-refractivity contribution in [3.63, 3.8) is 0 Å². The zero-order valence-corrected chi connectivity index (χ0v) is 12.9. The molecule has 4 N–H and O–H groups in total. The molecule has 2 aromatic rings. The molecule has 6 heteroatoms. The summed E-state index contributed by atoms with van der Waals surface area (Å²) in [6.45, 7) is 0.191. The lowest BCUT2D eigenvalue weighted by atomic mass is 10.1. The first-order chi connectivity index (χ1) is 11.0. The number of urea groups is 1. The molecule has 2 rings (SSSR count). The molecule has 116 valence electrons. The van der Waals surface area contributed by atoms with Gasteiger partial charge in [0.05, 0.1) is 6.54 Å². The first-order valence-electron chi connectivity index (χ1n) is 6.74. The molecule has 0 aliphatic heterocycles. The molecule has 0 aromatic heterocycles. The highest BCUT2D eigenvalue weighted by molar-refractivity contribution is 6.30. The van der Waals surface area contributed by atoms with Crippen LogP contribution in [0.25, 0.3) is 0 Å². The van der Waals surface area contributed by atoms with E-state index in [2.05, 4.69) is 22.5 Å². The zero-order chi connectivity index (χ0) is 16.7. The van der Waals surface area contributed by atoms with Crippen LogP contribution in [0, 0.1) is 11.8 Å². The van der Waals surface area contributed by atoms with Crippen LogP contribution in [0.4, 0.5) is 10.5 Å². The number of primary amides is 1. The maximum Gasteiger partial charge on any atom is 0.319 e. The fourth-order valence-corrected chi connectivity index (χ4v) is 1.82. The van der Waals surface area contributed by atoms with E-state index in [0.29, 0.717) is 16.3 Å². The van der Waals surface area contributed by atoms with Gasteiger partial charge in [0, 0.05) is 21.8 Å². The standard InChI is InChI=1S/C17H14ClN3O2/c18-14-7-9-15(10-8-14)21-17(23)20-11-1-2-12-3-5-13(6-4-12)16(19)22/h3-10H,11H2,(H2,19,22)(H2,20,21,23). The predicted octanol–water partition coefficient (Wildman–Crippen LogP) is 2.61. The lowest BCUT2D eigenvalue weighted by Crippen LogP contribution is -2.28. The molecule has 0 saturated carbocycles. The molecule has 0 heterocycles. The summed E-state index contributed by atoms with van der Waals surface area (Å²) in [5, 5.41) is 5.88. The van der Waals surface area contributed by atoms with Crippen molar-refractivity contribution in [1.82, 2.24) is 5.32 Å². The Hall–Kier alpha value is -2.97. The normalized spacial score (nSPS) is 9.43. The summed E-state index contributed by atoms with van der Waals surface area (Å²) in [6, 6.07) is 13.0. The van der Waals surface area contributed by atoms with Gasteiger partial charge in [-0.05, 0) is 48.5 Å². The van der Waals surface area contributed by atoms with Gasteiger partial charge < -0.3 is 16.4 Å². The summed E-state index contributed by atoms with van der Waals surface area (Å²) >= 11 is 5.76. The van der Waals surface area contributed by atoms with Crippen molar-refractivity contribution in [1.29, 1.82) is 0 Å². The van der Waals surface area contributed by atoms with Crippen LogP contribution in [0.3, 0.4) is 0 Å². The average molecular weight is 328 g/mol. The van der Waals surface area contributed by atoms with E-state index in [1.165, 1.54) is 0 Å². The summed E-state index contributed by atoms with van der Waals surface area (Å²) in [7, 11) is 0. The molecule has 0 bridgehead atoms. The minimum absolute atomic E-state index is 0.191. The van der Waals surface area contributed by atoms with Gasteiger partial charge in [-0.25, -0.2) is 4.79 Å². The number of benzene rings is 2. The lowest BCUT2D eigenvalue weighted by Gasteiger charge is -2.04. The summed E-state index contributed by atoms with van der Waals surface area (Å²) in [5.74, 6) is 5.21. The van der Waals surface area contributed by atoms with Crippen molar-refractivity contribution in [3.05, 3.63) is 64.7 Å². The number of halogens is 1. The summed E-state index contributed by atoms with van der Waals surface area (Å²) in [6.07, 6.45) is 0. The first-order valence-corrected chi connectivity index (χ1v) is 7.11. The number of amides is 3. The van der Waals surface area contributed by atoms with Gasteiger partial charge in [0.25, 0.3) is 0 Å². The van der Waals surface area contributed by atoms with Crippen LogP contribution < -0.4 is 16.4 Å². The molecular weight excluding hydrogens is 314 g/mol. The van der Waals surface area contributed by atoms with Crippen molar-refractivity contribution in [2.24, 2.45) is 5.73 Å². The van der Waals surface area contributed by atoms with Gasteiger partial charge in [-0.3, -0.25) is 4.79 Å². The second kappa shape index (κ2) is 7.87. The quantitative estimate of drug-likeness (QED) is 0.757. The summed E-state index contributed by atoms with van der Waals surface area (Å²) in [5.41, 5.74) is 6.95. The molecule has 23 heavy (non-hydrogen) atoms. The molecule has 0 aliphatic rings. The van der Waals surface area contributed by atoms with E-state index in [-0.39, 0.29) is 12.6 Å². The Morgan fingerprint density at radius 1 is 1.04 bits per heavy atom. The number of nitrogens with one attached hydrogen (secondary N) is 2. The first kappa shape index (κ1) is 16.4. The Kier molecular flexibility index (Phi) is 5.61. The molecule has 0 aliphatic carbocycles. The minimum Gasteiger partial charge on any atom is -0.366 e. The van der Waals surface area contributed by atoms with Crippen molar-refractivity contribution in [2.75, 3.05) is 11.9 Å². The number of nitrogens with two attached hydrogens (primary N) is 1. The van der Waals surface area contributed by atoms with E-state index in [1.54, 1.807) is 48.5 Å². The van der Waals surface area contributed by atoms with Crippen LogP contribution in [0.5, 0.6) is 0 Å². The highest BCUT2D eigenvalue weighted by atomic mass is 35.5. The van der Waals surface area contributed by atoms with Crippen LogP contribution in [0.1, 0.15) is 15.9 Å². The third-order valence-electron chi connectivity index (χ3n) is 2.84. The van der Waals surface area contributed by atoms with E-state index in [0.717, 1.165) is 5.56 Å². The number of hydrogen-bond donors (Lipinski definition) is 3. The van der Waals surface area contributed by atoms with Crippen LogP contribution in [0.2, 0.25) is 5.02 Å². The number of rotatable bonds is 3. The second-order valence-corrected chi connectivity index (χ2v) is 4.99. The van der Waals surface area contributed by atoms with E-state index in [4.69, 9.17) is 17.3 Å². The fourth-order valence-electron chi connectivity index (χ4n) is 1.70. The number of anilines is 1. The molecule has 2 aromatic carbocycles. The van der Waals surface area contributed by atoms with Crippen molar-refractivity contribution in [3.8, 4) is 11.8 Å². The largest absolute Gasteiger partial charge is 0.366 e. The van der Waals surface area contributed by atoms with Gasteiger partial charge >= 0.3 is 6.03 Å². The molecule has 0 fully saturated rings. The van der Waals surface area contributed by atoms with E-state index in [9.17, 15) is 9.59 Å². The molecule has 0 atom stereocenters. The van der Waals surface area contributed by atoms with Crippen molar-refractivity contribution in [2.45, 2.75) is 0 Å². The number of hydrogen-bond acceptors (Lipinski definition) is 2. The van der Waals surface area contributed by atoms with Gasteiger partial charge in [-0.1, -0.05) is 23.4 Å². The van der Waals surface area contributed by atoms with E-state index >= 15 is 0 Å². The lowest BCUT2D eigenvalue weighted by molar-refractivity contribution is 0.100. The van der Waals surface area contributed by atoms with Crippen LogP contribution >= 0.6 is 11.6 Å². The molecule has 0 saturated heterocycles. The third-order valence-corrected chi connectivity index (χ3v) is 3.09. The Balaban J connectivity index is 1.81. The fraction of sp³-hybridized carbons (Fsp3) is 0.0588.